The standard InChI is InChI=1S/C9H19N3O2/c1-7(2)9(11,8(10)13)12-3-5-14-6-4-12/h7H,3-6,11H2,1-2H3,(H2,10,13)/t9-/m0/s1. The van der Waals surface area contributed by atoms with Crippen molar-refractivity contribution in [2.45, 2.75) is 19.5 Å². The monoisotopic (exact) mass is 201 g/mol. The van der Waals surface area contributed by atoms with E-state index in [-0.39, 0.29) is 5.92 Å². The van der Waals surface area contributed by atoms with Crippen molar-refractivity contribution < 1.29 is 9.53 Å². The Kier molecular flexibility index (Phi) is 3.47. The Hall–Kier alpha value is -0.650. The van der Waals surface area contributed by atoms with E-state index in [2.05, 4.69) is 0 Å². The van der Waals surface area contributed by atoms with Gasteiger partial charge < -0.3 is 16.2 Å². The van der Waals surface area contributed by atoms with Crippen LogP contribution in [0.15, 0.2) is 0 Å². The van der Waals surface area contributed by atoms with Crippen LogP contribution in [0, 0.1) is 5.92 Å². The van der Waals surface area contributed by atoms with Crippen molar-refractivity contribution >= 4 is 5.91 Å². The third kappa shape index (κ3) is 1.89. The van der Waals surface area contributed by atoms with E-state index in [1.54, 1.807) is 0 Å². The fourth-order valence-corrected chi connectivity index (χ4v) is 1.74. The molecule has 0 aliphatic carbocycles. The highest BCUT2D eigenvalue weighted by Crippen LogP contribution is 2.20. The number of nitrogens with two attached hydrogens (primary N) is 2. The van der Waals surface area contributed by atoms with Gasteiger partial charge in [0.1, 0.15) is 0 Å². The molecule has 0 saturated carbocycles. The van der Waals surface area contributed by atoms with Crippen molar-refractivity contribution in [1.29, 1.82) is 0 Å². The van der Waals surface area contributed by atoms with Crippen molar-refractivity contribution in [3.63, 3.8) is 0 Å². The number of ether oxygens (including phenoxy) is 1. The number of nitrogens with zero attached hydrogens (tertiary/aromatic N) is 1. The van der Waals surface area contributed by atoms with Gasteiger partial charge in [0.15, 0.2) is 5.66 Å². The molecule has 4 N–H and O–H groups in total. The Bertz CT molecular complexity index is 214. The van der Waals surface area contributed by atoms with Crippen molar-refractivity contribution in [1.82, 2.24) is 4.90 Å². The molecule has 1 fully saturated rings. The summed E-state index contributed by atoms with van der Waals surface area (Å²) in [4.78, 5) is 13.3. The molecule has 1 atom stereocenters. The number of hydrogen-bond acceptors (Lipinski definition) is 4. The van der Waals surface area contributed by atoms with Gasteiger partial charge in [-0.1, -0.05) is 13.8 Å². The highest BCUT2D eigenvalue weighted by Gasteiger charge is 2.42. The van der Waals surface area contributed by atoms with Gasteiger partial charge in [-0.15, -0.1) is 0 Å². The van der Waals surface area contributed by atoms with Crippen LogP contribution in [0.4, 0.5) is 0 Å². The quantitative estimate of drug-likeness (QED) is 0.621. The predicted molar refractivity (Wildman–Crippen MR) is 53.3 cm³/mol. The molecule has 82 valence electrons. The van der Waals surface area contributed by atoms with Crippen LogP contribution >= 0.6 is 0 Å². The highest BCUT2D eigenvalue weighted by molar-refractivity contribution is 5.84. The number of carbonyl (C=O) groups is 1. The van der Waals surface area contributed by atoms with E-state index in [4.69, 9.17) is 16.2 Å². The first-order chi connectivity index (χ1) is 6.49. The van der Waals surface area contributed by atoms with Gasteiger partial charge in [-0.2, -0.15) is 0 Å². The van der Waals surface area contributed by atoms with Crippen molar-refractivity contribution in [3.8, 4) is 0 Å². The zero-order chi connectivity index (χ0) is 10.8. The molecule has 5 nitrogen and oxygen atoms in total. The lowest BCUT2D eigenvalue weighted by Gasteiger charge is -2.43. The minimum Gasteiger partial charge on any atom is -0.379 e. The number of morpholine rings is 1. The molecule has 1 heterocycles. The van der Waals surface area contributed by atoms with E-state index in [0.717, 1.165) is 0 Å². The Morgan fingerprint density at radius 3 is 2.29 bits per heavy atom. The second-order valence-electron chi connectivity index (χ2n) is 3.94. The number of hydrogen-bond donors (Lipinski definition) is 2. The molecule has 0 aromatic carbocycles. The summed E-state index contributed by atoms with van der Waals surface area (Å²) in [5.74, 6) is -0.465. The molecule has 0 aromatic heterocycles. The van der Waals surface area contributed by atoms with Gasteiger partial charge in [-0.3, -0.25) is 9.69 Å². The van der Waals surface area contributed by atoms with Crippen molar-refractivity contribution in [2.75, 3.05) is 26.3 Å². The van der Waals surface area contributed by atoms with E-state index in [1.807, 2.05) is 18.7 Å². The van der Waals surface area contributed by atoms with Crippen LogP contribution in [0.2, 0.25) is 0 Å². The van der Waals surface area contributed by atoms with Crippen LogP contribution in [-0.2, 0) is 9.53 Å². The third-order valence-corrected chi connectivity index (χ3v) is 2.81. The molecule has 0 unspecified atom stereocenters. The van der Waals surface area contributed by atoms with Crippen LogP contribution < -0.4 is 11.5 Å². The summed E-state index contributed by atoms with van der Waals surface area (Å²) in [5, 5.41) is 0. The minimum atomic E-state index is -1.04. The zero-order valence-corrected chi connectivity index (χ0v) is 8.82. The van der Waals surface area contributed by atoms with Gasteiger partial charge in [0.2, 0.25) is 0 Å². The summed E-state index contributed by atoms with van der Waals surface area (Å²) in [6.45, 7) is 6.35. The van der Waals surface area contributed by atoms with Crippen molar-refractivity contribution in [2.24, 2.45) is 17.4 Å². The Morgan fingerprint density at radius 1 is 1.43 bits per heavy atom. The highest BCUT2D eigenvalue weighted by atomic mass is 16.5. The maximum Gasteiger partial charge on any atom is 0.252 e. The molecular formula is C9H19N3O2. The van der Waals surface area contributed by atoms with Crippen molar-refractivity contribution in [3.05, 3.63) is 0 Å². The van der Waals surface area contributed by atoms with Crippen LogP contribution in [0.3, 0.4) is 0 Å². The second kappa shape index (κ2) is 4.25. The SMILES string of the molecule is CC(C)[C@@](N)(C(N)=O)N1CCOCC1. The Morgan fingerprint density at radius 2 is 1.93 bits per heavy atom. The lowest BCUT2D eigenvalue weighted by Crippen LogP contribution is -2.69. The first kappa shape index (κ1) is 11.4. The van der Waals surface area contributed by atoms with Gasteiger partial charge in [0.25, 0.3) is 5.91 Å². The average molecular weight is 201 g/mol. The largest absolute Gasteiger partial charge is 0.379 e. The van der Waals surface area contributed by atoms with Gasteiger partial charge in [-0.25, -0.2) is 0 Å². The lowest BCUT2D eigenvalue weighted by atomic mass is 9.93. The zero-order valence-electron chi connectivity index (χ0n) is 8.82. The van der Waals surface area contributed by atoms with Crippen LogP contribution in [0.1, 0.15) is 13.8 Å². The summed E-state index contributed by atoms with van der Waals surface area (Å²) in [5.41, 5.74) is 10.4. The molecule has 1 amide bonds. The maximum absolute atomic E-state index is 11.4. The molecule has 1 saturated heterocycles. The first-order valence-electron chi connectivity index (χ1n) is 4.91. The van der Waals surface area contributed by atoms with Gasteiger partial charge in [-0.05, 0) is 5.92 Å². The van der Waals surface area contributed by atoms with E-state index in [1.165, 1.54) is 0 Å². The fourth-order valence-electron chi connectivity index (χ4n) is 1.74. The summed E-state index contributed by atoms with van der Waals surface area (Å²) < 4.78 is 5.21. The second-order valence-corrected chi connectivity index (χ2v) is 3.94. The smallest absolute Gasteiger partial charge is 0.252 e. The minimum absolute atomic E-state index is 0.00176. The molecule has 0 aromatic rings. The molecule has 1 aliphatic rings. The van der Waals surface area contributed by atoms with Crippen LogP contribution in [0.5, 0.6) is 0 Å². The van der Waals surface area contributed by atoms with Gasteiger partial charge >= 0.3 is 0 Å². The van der Waals surface area contributed by atoms with Crippen LogP contribution in [-0.4, -0.2) is 42.8 Å². The molecule has 1 aliphatic heterocycles. The number of rotatable bonds is 3. The first-order valence-corrected chi connectivity index (χ1v) is 4.91. The summed E-state index contributed by atoms with van der Waals surface area (Å²) >= 11 is 0. The number of primary amides is 1. The third-order valence-electron chi connectivity index (χ3n) is 2.81. The Balaban J connectivity index is 2.80. The Labute approximate surface area is 84.4 Å². The number of carbonyl (C=O) groups excluding carboxylic acids is 1. The molecule has 0 spiro atoms. The molecular weight excluding hydrogens is 182 g/mol. The predicted octanol–water partition coefficient (Wildman–Crippen LogP) is -0.885. The average Bonchev–Trinajstić information content (AvgIpc) is 2.17. The van der Waals surface area contributed by atoms with Gasteiger partial charge in [0.05, 0.1) is 13.2 Å². The van der Waals surface area contributed by atoms with Crippen LogP contribution in [0.25, 0.3) is 0 Å². The molecule has 0 radical (unpaired) electrons. The molecule has 14 heavy (non-hydrogen) atoms. The van der Waals surface area contributed by atoms with Gasteiger partial charge in [0, 0.05) is 13.1 Å². The normalized spacial score (nSPS) is 23.4. The summed E-state index contributed by atoms with van der Waals surface area (Å²) in [7, 11) is 0. The molecule has 1 rings (SSSR count). The maximum atomic E-state index is 11.4. The van der Waals surface area contributed by atoms with E-state index in [0.29, 0.717) is 26.3 Å². The topological polar surface area (TPSA) is 81.6 Å². The fraction of sp³-hybridized carbons (Fsp3) is 0.889. The van der Waals surface area contributed by atoms with E-state index < -0.39 is 11.6 Å². The molecule has 0 bridgehead atoms. The summed E-state index contributed by atoms with van der Waals surface area (Å²) in [6, 6.07) is 0. The summed E-state index contributed by atoms with van der Waals surface area (Å²) in [6.07, 6.45) is 0. The van der Waals surface area contributed by atoms with E-state index in [9.17, 15) is 4.79 Å². The number of amides is 1. The molecule has 5 heteroatoms. The lowest BCUT2D eigenvalue weighted by molar-refractivity contribution is -0.137. The van der Waals surface area contributed by atoms with E-state index >= 15 is 0 Å².